The largest absolute Gasteiger partial charge is 0.338 e. The Labute approximate surface area is 136 Å². The van der Waals surface area contributed by atoms with Crippen LogP contribution in [-0.2, 0) is 6.42 Å². The number of piperidine rings is 1. The van der Waals surface area contributed by atoms with Crippen molar-refractivity contribution in [3.8, 4) is 0 Å². The fraction of sp³-hybridized carbons (Fsp3) is 0.421. The van der Waals surface area contributed by atoms with Crippen molar-refractivity contribution in [3.05, 3.63) is 57.3 Å². The van der Waals surface area contributed by atoms with Crippen LogP contribution in [0.25, 0.3) is 0 Å². The van der Waals surface area contributed by atoms with E-state index in [-0.39, 0.29) is 5.91 Å². The zero-order chi connectivity index (χ0) is 15.5. The fourth-order valence-electron chi connectivity index (χ4n) is 3.27. The maximum atomic E-state index is 12.7. The second kappa shape index (κ2) is 6.66. The molecule has 0 aliphatic carbocycles. The highest BCUT2D eigenvalue weighted by Gasteiger charge is 2.25. The standard InChI is InChI=1S/C19H23NOS/c1-3-15-13-18(22-14(15)2)19(21)20-11-9-17(10-12-20)16-7-5-4-6-8-16/h4-8,13,17H,3,9-12H2,1-2H3. The second-order valence-corrected chi connectivity index (χ2v) is 7.28. The molecule has 1 aliphatic heterocycles. The van der Waals surface area contributed by atoms with Crippen molar-refractivity contribution in [1.82, 2.24) is 4.90 Å². The van der Waals surface area contributed by atoms with Crippen LogP contribution >= 0.6 is 11.3 Å². The van der Waals surface area contributed by atoms with Crippen molar-refractivity contribution in [2.75, 3.05) is 13.1 Å². The Morgan fingerprint density at radius 1 is 1.23 bits per heavy atom. The molecule has 1 aromatic carbocycles. The maximum Gasteiger partial charge on any atom is 0.263 e. The van der Waals surface area contributed by atoms with Gasteiger partial charge in [-0.3, -0.25) is 4.79 Å². The van der Waals surface area contributed by atoms with E-state index in [1.165, 1.54) is 16.0 Å². The third kappa shape index (κ3) is 3.09. The number of carbonyl (C=O) groups is 1. The monoisotopic (exact) mass is 313 g/mol. The first-order valence-electron chi connectivity index (χ1n) is 8.12. The van der Waals surface area contributed by atoms with Crippen LogP contribution in [0.2, 0.25) is 0 Å². The topological polar surface area (TPSA) is 20.3 Å². The second-order valence-electron chi connectivity index (χ2n) is 6.02. The van der Waals surface area contributed by atoms with Gasteiger partial charge in [0.05, 0.1) is 4.88 Å². The van der Waals surface area contributed by atoms with Crippen LogP contribution in [0.4, 0.5) is 0 Å². The molecule has 0 radical (unpaired) electrons. The molecule has 1 saturated heterocycles. The quantitative estimate of drug-likeness (QED) is 0.808. The number of carbonyl (C=O) groups excluding carboxylic acids is 1. The van der Waals surface area contributed by atoms with Gasteiger partial charge in [0.1, 0.15) is 0 Å². The van der Waals surface area contributed by atoms with Gasteiger partial charge in [-0.1, -0.05) is 37.3 Å². The minimum absolute atomic E-state index is 0.222. The van der Waals surface area contributed by atoms with Crippen molar-refractivity contribution in [1.29, 1.82) is 0 Å². The Hall–Kier alpha value is -1.61. The molecule has 3 rings (SSSR count). The van der Waals surface area contributed by atoms with Crippen LogP contribution in [0.1, 0.15) is 51.4 Å². The highest BCUT2D eigenvalue weighted by molar-refractivity contribution is 7.14. The molecule has 3 heteroatoms. The Bertz CT molecular complexity index is 639. The average Bonchev–Trinajstić information content (AvgIpc) is 2.96. The summed E-state index contributed by atoms with van der Waals surface area (Å²) in [6.07, 6.45) is 3.15. The predicted molar refractivity (Wildman–Crippen MR) is 92.8 cm³/mol. The number of benzene rings is 1. The van der Waals surface area contributed by atoms with Crippen LogP contribution in [0, 0.1) is 6.92 Å². The van der Waals surface area contributed by atoms with Gasteiger partial charge in [-0.25, -0.2) is 0 Å². The molecule has 116 valence electrons. The fourth-order valence-corrected chi connectivity index (χ4v) is 4.35. The molecule has 0 saturated carbocycles. The lowest BCUT2D eigenvalue weighted by Crippen LogP contribution is -2.37. The van der Waals surface area contributed by atoms with Crippen molar-refractivity contribution < 1.29 is 4.79 Å². The van der Waals surface area contributed by atoms with Crippen LogP contribution < -0.4 is 0 Å². The van der Waals surface area contributed by atoms with Crippen molar-refractivity contribution >= 4 is 17.2 Å². The molecule has 0 bridgehead atoms. The minimum Gasteiger partial charge on any atom is -0.338 e. The van der Waals surface area contributed by atoms with Crippen molar-refractivity contribution in [2.45, 2.75) is 39.0 Å². The smallest absolute Gasteiger partial charge is 0.263 e. The van der Waals surface area contributed by atoms with Crippen LogP contribution in [0.15, 0.2) is 36.4 Å². The van der Waals surface area contributed by atoms with E-state index in [1.807, 2.05) is 4.90 Å². The molecule has 1 aliphatic rings. The molecule has 22 heavy (non-hydrogen) atoms. The number of likely N-dealkylation sites (tertiary alicyclic amines) is 1. The average molecular weight is 313 g/mol. The zero-order valence-electron chi connectivity index (χ0n) is 13.3. The van der Waals surface area contributed by atoms with Gasteiger partial charge in [0.25, 0.3) is 5.91 Å². The van der Waals surface area contributed by atoms with Gasteiger partial charge in [0.15, 0.2) is 0 Å². The minimum atomic E-state index is 0.222. The molecule has 1 aromatic heterocycles. The molecular formula is C19H23NOS. The number of thiophene rings is 1. The first kappa shape index (κ1) is 15.3. The molecule has 0 atom stereocenters. The highest BCUT2D eigenvalue weighted by atomic mass is 32.1. The summed E-state index contributed by atoms with van der Waals surface area (Å²) >= 11 is 1.65. The van der Waals surface area contributed by atoms with Gasteiger partial charge in [-0.05, 0) is 49.3 Å². The molecular weight excluding hydrogens is 290 g/mol. The molecule has 0 unspecified atom stereocenters. The van der Waals surface area contributed by atoms with Gasteiger partial charge in [0.2, 0.25) is 0 Å². The van der Waals surface area contributed by atoms with E-state index in [4.69, 9.17) is 0 Å². The Kier molecular flexibility index (Phi) is 4.63. The third-order valence-electron chi connectivity index (χ3n) is 4.67. The van der Waals surface area contributed by atoms with Gasteiger partial charge in [-0.15, -0.1) is 11.3 Å². The van der Waals surface area contributed by atoms with Crippen LogP contribution in [-0.4, -0.2) is 23.9 Å². The number of hydrogen-bond acceptors (Lipinski definition) is 2. The lowest BCUT2D eigenvalue weighted by Gasteiger charge is -2.32. The molecule has 2 nitrogen and oxygen atoms in total. The first-order valence-corrected chi connectivity index (χ1v) is 8.94. The van der Waals surface area contributed by atoms with Gasteiger partial charge < -0.3 is 4.90 Å². The molecule has 1 fully saturated rings. The van der Waals surface area contributed by atoms with Gasteiger partial charge >= 0.3 is 0 Å². The summed E-state index contributed by atoms with van der Waals surface area (Å²) in [5.41, 5.74) is 2.72. The molecule has 1 amide bonds. The third-order valence-corrected chi connectivity index (χ3v) is 5.75. The highest BCUT2D eigenvalue weighted by Crippen LogP contribution is 2.30. The summed E-state index contributed by atoms with van der Waals surface area (Å²) in [4.78, 5) is 16.9. The van der Waals surface area contributed by atoms with E-state index >= 15 is 0 Å². The first-order chi connectivity index (χ1) is 10.7. The number of amides is 1. The lowest BCUT2D eigenvalue weighted by molar-refractivity contribution is 0.0718. The summed E-state index contributed by atoms with van der Waals surface area (Å²) in [6.45, 7) is 6.00. The summed E-state index contributed by atoms with van der Waals surface area (Å²) in [5.74, 6) is 0.820. The Morgan fingerprint density at radius 3 is 2.50 bits per heavy atom. The summed E-state index contributed by atoms with van der Waals surface area (Å²) in [6, 6.07) is 12.8. The predicted octanol–water partition coefficient (Wildman–Crippen LogP) is 4.64. The van der Waals surface area contributed by atoms with E-state index in [1.54, 1.807) is 11.3 Å². The molecule has 0 spiro atoms. The number of rotatable bonds is 3. The Morgan fingerprint density at radius 2 is 1.91 bits per heavy atom. The van der Waals surface area contributed by atoms with Gasteiger partial charge in [-0.2, -0.15) is 0 Å². The maximum absolute atomic E-state index is 12.7. The summed E-state index contributed by atoms with van der Waals surface area (Å²) in [5, 5.41) is 0. The molecule has 2 aromatic rings. The van der Waals surface area contributed by atoms with E-state index in [0.717, 1.165) is 37.2 Å². The van der Waals surface area contributed by atoms with Crippen molar-refractivity contribution in [3.63, 3.8) is 0 Å². The SMILES string of the molecule is CCc1cc(C(=O)N2CCC(c3ccccc3)CC2)sc1C. The van der Waals surface area contributed by atoms with E-state index in [9.17, 15) is 4.79 Å². The number of nitrogens with zero attached hydrogens (tertiary/aromatic N) is 1. The summed E-state index contributed by atoms with van der Waals surface area (Å²) < 4.78 is 0. The molecule has 0 N–H and O–H groups in total. The summed E-state index contributed by atoms with van der Waals surface area (Å²) in [7, 11) is 0. The van der Waals surface area contributed by atoms with Gasteiger partial charge in [0, 0.05) is 18.0 Å². The normalized spacial score (nSPS) is 16.0. The van der Waals surface area contributed by atoms with Crippen LogP contribution in [0.3, 0.4) is 0 Å². The number of aryl methyl sites for hydroxylation is 2. The van der Waals surface area contributed by atoms with E-state index < -0.39 is 0 Å². The molecule has 2 heterocycles. The number of hydrogen-bond donors (Lipinski definition) is 0. The zero-order valence-corrected chi connectivity index (χ0v) is 14.2. The van der Waals surface area contributed by atoms with E-state index in [2.05, 4.69) is 50.2 Å². The Balaban J connectivity index is 1.64. The van der Waals surface area contributed by atoms with Crippen LogP contribution in [0.5, 0.6) is 0 Å². The van der Waals surface area contributed by atoms with Crippen molar-refractivity contribution in [2.24, 2.45) is 0 Å². The lowest BCUT2D eigenvalue weighted by atomic mass is 9.89. The van der Waals surface area contributed by atoms with E-state index in [0.29, 0.717) is 5.92 Å².